The first-order chi connectivity index (χ1) is 18.3. The summed E-state index contributed by atoms with van der Waals surface area (Å²) in [4.78, 5) is 3.25. The van der Waals surface area contributed by atoms with E-state index in [1.807, 2.05) is 60.8 Å². The van der Waals surface area contributed by atoms with Crippen molar-refractivity contribution in [3.05, 3.63) is 138 Å². The summed E-state index contributed by atoms with van der Waals surface area (Å²) in [7, 11) is 0. The van der Waals surface area contributed by atoms with Gasteiger partial charge in [0.15, 0.2) is 0 Å². The van der Waals surface area contributed by atoms with Crippen LogP contribution in [-0.2, 0) is 38.8 Å². The average molecular weight is 496 g/mol. The fourth-order valence-electron chi connectivity index (χ4n) is 4.63. The number of hydrogen-bond donors (Lipinski definition) is 1. The molecule has 190 valence electrons. The van der Waals surface area contributed by atoms with Gasteiger partial charge in [0, 0.05) is 17.5 Å². The Labute approximate surface area is 218 Å². The highest BCUT2D eigenvalue weighted by atomic mass is 16.6. The summed E-state index contributed by atoms with van der Waals surface area (Å²) in [6, 6.07) is 32.6. The molecule has 1 aliphatic rings. The zero-order valence-corrected chi connectivity index (χ0v) is 20.9. The average Bonchev–Trinajstić information content (AvgIpc) is 3.57. The highest BCUT2D eigenvalue weighted by Crippen LogP contribution is 2.39. The van der Waals surface area contributed by atoms with Gasteiger partial charge in [-0.15, -0.1) is 0 Å². The standard InChI is InChI=1S/C32H33NO4/c1-2-28-18-27(19-33-28)30-32(36-22-26-16-10-5-11-17-26)31(35-21-25-14-8-4-9-15-25)29(37-30)23-34-20-24-12-6-3-7-13-24/h2-19,29-33H,1,20-23H2/t29-,30+,31-,32+/m1/s1. The van der Waals surface area contributed by atoms with Crippen LogP contribution >= 0.6 is 0 Å². The van der Waals surface area contributed by atoms with E-state index in [1.54, 1.807) is 6.08 Å². The van der Waals surface area contributed by atoms with Crippen molar-refractivity contribution in [1.29, 1.82) is 0 Å². The van der Waals surface area contributed by atoms with Crippen LogP contribution in [0.15, 0.2) is 110 Å². The Hall–Kier alpha value is -3.48. The number of aromatic amines is 1. The molecule has 1 aromatic heterocycles. The summed E-state index contributed by atoms with van der Waals surface area (Å²) in [6.07, 6.45) is 2.53. The van der Waals surface area contributed by atoms with Crippen LogP contribution in [-0.4, -0.2) is 29.9 Å². The van der Waals surface area contributed by atoms with E-state index in [0.29, 0.717) is 26.4 Å². The lowest BCUT2D eigenvalue weighted by molar-refractivity contribution is -0.0898. The molecule has 4 atom stereocenters. The minimum absolute atomic E-state index is 0.291. The van der Waals surface area contributed by atoms with Crippen LogP contribution in [0.3, 0.4) is 0 Å². The van der Waals surface area contributed by atoms with E-state index >= 15 is 0 Å². The van der Waals surface area contributed by atoms with E-state index in [9.17, 15) is 0 Å². The molecule has 1 aliphatic heterocycles. The van der Waals surface area contributed by atoms with Crippen molar-refractivity contribution in [3.63, 3.8) is 0 Å². The fraction of sp³-hybridized carbons (Fsp3) is 0.250. The second-order valence-electron chi connectivity index (χ2n) is 9.21. The van der Waals surface area contributed by atoms with Crippen molar-refractivity contribution in [2.45, 2.75) is 44.2 Å². The van der Waals surface area contributed by atoms with Crippen LogP contribution < -0.4 is 0 Å². The third-order valence-electron chi connectivity index (χ3n) is 6.55. The molecule has 0 bridgehead atoms. The van der Waals surface area contributed by atoms with Crippen molar-refractivity contribution in [3.8, 4) is 0 Å². The van der Waals surface area contributed by atoms with Crippen molar-refractivity contribution in [2.24, 2.45) is 0 Å². The maximum absolute atomic E-state index is 6.62. The molecule has 5 nitrogen and oxygen atoms in total. The highest BCUT2D eigenvalue weighted by Gasteiger charge is 2.47. The Morgan fingerprint density at radius 2 is 1.27 bits per heavy atom. The van der Waals surface area contributed by atoms with Gasteiger partial charge in [-0.25, -0.2) is 0 Å². The molecule has 1 fully saturated rings. The quantitative estimate of drug-likeness (QED) is 0.244. The lowest BCUT2D eigenvalue weighted by atomic mass is 10.0. The van der Waals surface area contributed by atoms with Crippen LogP contribution in [0.2, 0.25) is 0 Å². The lowest BCUT2D eigenvalue weighted by Crippen LogP contribution is -2.37. The molecule has 0 radical (unpaired) electrons. The molecule has 37 heavy (non-hydrogen) atoms. The number of nitrogens with one attached hydrogen (secondary N) is 1. The van der Waals surface area contributed by atoms with E-state index < -0.39 is 0 Å². The van der Waals surface area contributed by atoms with Gasteiger partial charge in [-0.1, -0.05) is 97.6 Å². The van der Waals surface area contributed by atoms with Gasteiger partial charge in [-0.3, -0.25) is 0 Å². The highest BCUT2D eigenvalue weighted by molar-refractivity contribution is 5.44. The normalized spacial score (nSPS) is 21.2. The largest absolute Gasteiger partial charge is 0.374 e. The van der Waals surface area contributed by atoms with Gasteiger partial charge in [0.25, 0.3) is 0 Å². The van der Waals surface area contributed by atoms with E-state index in [2.05, 4.69) is 54.0 Å². The molecule has 4 aromatic rings. The number of H-pyrrole nitrogens is 1. The Bertz CT molecular complexity index is 1230. The van der Waals surface area contributed by atoms with Gasteiger partial charge in [0.1, 0.15) is 24.4 Å². The molecule has 5 heteroatoms. The smallest absolute Gasteiger partial charge is 0.117 e. The Morgan fingerprint density at radius 1 is 0.730 bits per heavy atom. The second-order valence-corrected chi connectivity index (χ2v) is 9.21. The molecular weight excluding hydrogens is 462 g/mol. The van der Waals surface area contributed by atoms with E-state index in [4.69, 9.17) is 18.9 Å². The molecular formula is C32H33NO4. The summed E-state index contributed by atoms with van der Waals surface area (Å²) < 4.78 is 25.8. The van der Waals surface area contributed by atoms with Gasteiger partial charge in [-0.2, -0.15) is 0 Å². The molecule has 0 unspecified atom stereocenters. The molecule has 3 aromatic carbocycles. The maximum Gasteiger partial charge on any atom is 0.117 e. The zero-order chi connectivity index (χ0) is 25.3. The number of benzene rings is 3. The second kappa shape index (κ2) is 12.7. The summed E-state index contributed by atoms with van der Waals surface area (Å²) in [5.41, 5.74) is 5.27. The monoisotopic (exact) mass is 495 g/mol. The lowest BCUT2D eigenvalue weighted by Gasteiger charge is -2.25. The molecule has 5 rings (SSSR count). The molecule has 0 spiro atoms. The van der Waals surface area contributed by atoms with Crippen LogP contribution in [0.1, 0.15) is 34.1 Å². The summed E-state index contributed by atoms with van der Waals surface area (Å²) in [6.45, 7) is 5.72. The molecule has 2 heterocycles. The SMILES string of the molecule is C=Cc1cc([C@@H]2O[C@H](COCc3ccccc3)[C@@H](OCc3ccccc3)[C@H]2OCc2ccccc2)c[nH]1. The number of rotatable bonds is 12. The minimum atomic E-state index is -0.317. The topological polar surface area (TPSA) is 52.7 Å². The Kier molecular flexibility index (Phi) is 8.62. The summed E-state index contributed by atoms with van der Waals surface area (Å²) in [5.74, 6) is 0. The Balaban J connectivity index is 1.37. The number of ether oxygens (including phenoxy) is 4. The molecule has 0 aliphatic carbocycles. The van der Waals surface area contributed by atoms with Crippen molar-refractivity contribution < 1.29 is 18.9 Å². The molecule has 1 N–H and O–H groups in total. The maximum atomic E-state index is 6.62. The van der Waals surface area contributed by atoms with Crippen LogP contribution in [0.25, 0.3) is 6.08 Å². The van der Waals surface area contributed by atoms with Crippen LogP contribution in [0.5, 0.6) is 0 Å². The van der Waals surface area contributed by atoms with Gasteiger partial charge in [0.2, 0.25) is 0 Å². The number of aromatic nitrogens is 1. The van der Waals surface area contributed by atoms with Crippen LogP contribution in [0.4, 0.5) is 0 Å². The van der Waals surface area contributed by atoms with Gasteiger partial charge in [-0.05, 0) is 28.8 Å². The molecule has 1 saturated heterocycles. The predicted molar refractivity (Wildman–Crippen MR) is 145 cm³/mol. The first-order valence-electron chi connectivity index (χ1n) is 12.7. The minimum Gasteiger partial charge on any atom is -0.374 e. The molecule has 0 amide bonds. The van der Waals surface area contributed by atoms with E-state index in [-0.39, 0.29) is 24.4 Å². The number of hydrogen-bond acceptors (Lipinski definition) is 4. The van der Waals surface area contributed by atoms with E-state index in [0.717, 1.165) is 27.9 Å². The van der Waals surface area contributed by atoms with Crippen molar-refractivity contribution in [1.82, 2.24) is 4.98 Å². The fourth-order valence-corrected chi connectivity index (χ4v) is 4.63. The zero-order valence-electron chi connectivity index (χ0n) is 20.9. The predicted octanol–water partition coefficient (Wildman–Crippen LogP) is 6.49. The first-order valence-corrected chi connectivity index (χ1v) is 12.7. The van der Waals surface area contributed by atoms with Gasteiger partial charge in [0.05, 0.1) is 26.4 Å². The summed E-state index contributed by atoms with van der Waals surface area (Å²) >= 11 is 0. The van der Waals surface area contributed by atoms with Gasteiger partial charge < -0.3 is 23.9 Å². The molecule has 0 saturated carbocycles. The van der Waals surface area contributed by atoms with Crippen molar-refractivity contribution in [2.75, 3.05) is 6.61 Å². The van der Waals surface area contributed by atoms with Crippen LogP contribution in [0, 0.1) is 0 Å². The first kappa shape index (κ1) is 25.2. The summed E-state index contributed by atoms with van der Waals surface area (Å²) in [5, 5.41) is 0. The van der Waals surface area contributed by atoms with Gasteiger partial charge >= 0.3 is 0 Å². The third kappa shape index (κ3) is 6.64. The third-order valence-corrected chi connectivity index (χ3v) is 6.55. The van der Waals surface area contributed by atoms with Crippen molar-refractivity contribution >= 4 is 6.08 Å². The van der Waals surface area contributed by atoms with E-state index in [1.165, 1.54) is 0 Å². The Morgan fingerprint density at radius 3 is 1.81 bits per heavy atom.